The fourth-order valence-electron chi connectivity index (χ4n) is 4.11. The van der Waals surface area contributed by atoms with E-state index in [0.717, 1.165) is 23.3 Å². The first kappa shape index (κ1) is 23.0. The molecule has 1 amide bonds. The van der Waals surface area contributed by atoms with Gasteiger partial charge in [-0.05, 0) is 55.2 Å². The van der Waals surface area contributed by atoms with E-state index in [9.17, 15) is 18.0 Å². The third-order valence-electron chi connectivity index (χ3n) is 5.91. The Kier molecular flexibility index (Phi) is 6.56. The fraction of sp³-hybridized carbons (Fsp3) is 0.360. The number of fused-ring (bicyclic) bond motifs is 1. The Bertz CT molecular complexity index is 1330. The van der Waals surface area contributed by atoms with Gasteiger partial charge in [0.05, 0.1) is 23.5 Å². The molecular weight excluding hydrogens is 442 g/mol. The summed E-state index contributed by atoms with van der Waals surface area (Å²) in [6.45, 7) is 4.64. The van der Waals surface area contributed by atoms with Gasteiger partial charge in [0.2, 0.25) is 0 Å². The second-order valence-electron chi connectivity index (χ2n) is 8.23. The predicted octanol–water partition coefficient (Wildman–Crippen LogP) is 3.58. The Hall–Kier alpha value is -3.13. The van der Waals surface area contributed by atoms with E-state index < -0.39 is 21.8 Å². The maximum Gasteiger partial charge on any atom is 0.290 e. The molecule has 8 heteroatoms. The van der Waals surface area contributed by atoms with Crippen molar-refractivity contribution >= 4 is 26.7 Å². The van der Waals surface area contributed by atoms with Crippen LogP contribution in [0.5, 0.6) is 5.75 Å². The molecule has 33 heavy (non-hydrogen) atoms. The molecule has 0 saturated carbocycles. The summed E-state index contributed by atoms with van der Waals surface area (Å²) in [6.07, 6.45) is 1.13. The topological polar surface area (TPSA) is 93.9 Å². The molecule has 0 spiro atoms. The minimum atomic E-state index is -3.22. The highest BCUT2D eigenvalue weighted by atomic mass is 32.2. The number of amides is 1. The molecule has 1 aliphatic heterocycles. The van der Waals surface area contributed by atoms with Crippen molar-refractivity contribution in [3.8, 4) is 5.75 Å². The molecule has 0 N–H and O–H groups in total. The normalized spacial score (nSPS) is 17.2. The monoisotopic (exact) mass is 469 g/mol. The molecule has 1 aromatic heterocycles. The van der Waals surface area contributed by atoms with Crippen molar-refractivity contribution in [2.45, 2.75) is 39.3 Å². The van der Waals surface area contributed by atoms with E-state index in [4.69, 9.17) is 9.15 Å². The number of carbonyl (C=O) groups excluding carboxylic acids is 1. The van der Waals surface area contributed by atoms with Crippen molar-refractivity contribution in [1.82, 2.24) is 4.90 Å². The molecule has 1 aliphatic rings. The van der Waals surface area contributed by atoms with Gasteiger partial charge in [-0.3, -0.25) is 9.59 Å². The first-order chi connectivity index (χ1) is 15.8. The Labute approximate surface area is 192 Å². The van der Waals surface area contributed by atoms with Crippen LogP contribution in [0.15, 0.2) is 57.7 Å². The Morgan fingerprint density at radius 3 is 2.45 bits per heavy atom. The number of hydrogen-bond acceptors (Lipinski definition) is 6. The molecule has 1 atom stereocenters. The molecule has 3 aromatic rings. The Morgan fingerprint density at radius 2 is 1.82 bits per heavy atom. The number of nitrogens with zero attached hydrogens (tertiary/aromatic N) is 1. The van der Waals surface area contributed by atoms with E-state index in [2.05, 4.69) is 0 Å². The number of sulfone groups is 1. The van der Waals surface area contributed by atoms with E-state index in [1.165, 1.54) is 11.0 Å². The van der Waals surface area contributed by atoms with Gasteiger partial charge in [0, 0.05) is 18.7 Å². The number of carbonyl (C=O) groups is 1. The molecular formula is C25H27NO6S. The van der Waals surface area contributed by atoms with E-state index in [-0.39, 0.29) is 29.2 Å². The first-order valence-corrected chi connectivity index (χ1v) is 12.9. The number of ether oxygens (including phenoxy) is 1. The fourth-order valence-corrected chi connectivity index (χ4v) is 5.84. The lowest BCUT2D eigenvalue weighted by atomic mass is 10.1. The summed E-state index contributed by atoms with van der Waals surface area (Å²) < 4.78 is 35.6. The zero-order valence-corrected chi connectivity index (χ0v) is 19.6. The third-order valence-corrected chi connectivity index (χ3v) is 7.66. The molecule has 1 fully saturated rings. The average Bonchev–Trinajstić information content (AvgIpc) is 3.17. The Balaban J connectivity index is 1.69. The van der Waals surface area contributed by atoms with Crippen LogP contribution in [0.4, 0.5) is 0 Å². The highest BCUT2D eigenvalue weighted by Crippen LogP contribution is 2.24. The van der Waals surface area contributed by atoms with Crippen LogP contribution >= 0.6 is 0 Å². The standard InChI is InChI=1S/C25H27NO6S/c1-3-17-7-10-23-21(13-17)22(27)14-24(32-23)25(28)26(19-11-12-33(29,30)16-19)15-18-5-8-20(9-6-18)31-4-2/h5-10,13-14,19H,3-4,11-12,15-16H2,1-2H3/t19-/m1/s1. The summed E-state index contributed by atoms with van der Waals surface area (Å²) in [5, 5.41) is 0.424. The number of hydrogen-bond donors (Lipinski definition) is 0. The average molecular weight is 470 g/mol. The van der Waals surface area contributed by atoms with Crippen molar-refractivity contribution in [2.24, 2.45) is 0 Å². The van der Waals surface area contributed by atoms with Crippen molar-refractivity contribution in [1.29, 1.82) is 0 Å². The van der Waals surface area contributed by atoms with E-state index in [1.54, 1.807) is 12.1 Å². The molecule has 0 aliphatic carbocycles. The highest BCUT2D eigenvalue weighted by molar-refractivity contribution is 7.91. The maximum absolute atomic E-state index is 13.5. The molecule has 0 radical (unpaired) electrons. The van der Waals surface area contributed by atoms with Gasteiger partial charge in [-0.2, -0.15) is 0 Å². The predicted molar refractivity (Wildman–Crippen MR) is 126 cm³/mol. The molecule has 7 nitrogen and oxygen atoms in total. The molecule has 2 heterocycles. The minimum Gasteiger partial charge on any atom is -0.494 e. The van der Waals surface area contributed by atoms with Crippen LogP contribution in [0.1, 0.15) is 41.9 Å². The smallest absolute Gasteiger partial charge is 0.290 e. The van der Waals surface area contributed by atoms with Crippen LogP contribution in [0.2, 0.25) is 0 Å². The van der Waals surface area contributed by atoms with Gasteiger partial charge in [0.25, 0.3) is 5.91 Å². The number of rotatable bonds is 7. The zero-order valence-electron chi connectivity index (χ0n) is 18.7. The number of benzene rings is 2. The summed E-state index contributed by atoms with van der Waals surface area (Å²) in [5.41, 5.74) is 1.87. The van der Waals surface area contributed by atoms with Gasteiger partial charge in [-0.1, -0.05) is 25.1 Å². The molecule has 0 bridgehead atoms. The molecule has 2 aromatic carbocycles. The van der Waals surface area contributed by atoms with Gasteiger partial charge in [0.1, 0.15) is 11.3 Å². The van der Waals surface area contributed by atoms with Gasteiger partial charge >= 0.3 is 0 Å². The highest BCUT2D eigenvalue weighted by Gasteiger charge is 2.36. The second kappa shape index (κ2) is 9.39. The molecule has 174 valence electrons. The summed E-state index contributed by atoms with van der Waals surface area (Å²) in [4.78, 5) is 27.8. The van der Waals surface area contributed by atoms with Crippen LogP contribution in [-0.4, -0.2) is 43.4 Å². The summed E-state index contributed by atoms with van der Waals surface area (Å²) >= 11 is 0. The summed E-state index contributed by atoms with van der Waals surface area (Å²) in [5.74, 6) is 0.0608. The zero-order chi connectivity index (χ0) is 23.6. The van der Waals surface area contributed by atoms with E-state index >= 15 is 0 Å². The summed E-state index contributed by atoms with van der Waals surface area (Å²) in [7, 11) is -3.22. The molecule has 1 saturated heterocycles. The minimum absolute atomic E-state index is 0.0339. The van der Waals surface area contributed by atoms with Gasteiger partial charge < -0.3 is 14.1 Å². The van der Waals surface area contributed by atoms with Gasteiger partial charge in [-0.15, -0.1) is 0 Å². The van der Waals surface area contributed by atoms with Gasteiger partial charge in [0.15, 0.2) is 21.0 Å². The molecule has 0 unspecified atom stereocenters. The van der Waals surface area contributed by atoms with Crippen LogP contribution in [0.3, 0.4) is 0 Å². The second-order valence-corrected chi connectivity index (χ2v) is 10.5. The Morgan fingerprint density at radius 1 is 1.09 bits per heavy atom. The van der Waals surface area contributed by atoms with Crippen LogP contribution in [0.25, 0.3) is 11.0 Å². The maximum atomic E-state index is 13.5. The quantitative estimate of drug-likeness (QED) is 0.525. The SMILES string of the molecule is CCOc1ccc(CN(C(=O)c2cc(=O)c3cc(CC)ccc3o2)[C@@H]2CCS(=O)(=O)C2)cc1. The van der Waals surface area contributed by atoms with Crippen LogP contribution in [0, 0.1) is 0 Å². The van der Waals surface area contributed by atoms with Gasteiger partial charge in [-0.25, -0.2) is 8.42 Å². The van der Waals surface area contributed by atoms with Crippen LogP contribution in [-0.2, 0) is 22.8 Å². The van der Waals surface area contributed by atoms with Crippen molar-refractivity contribution in [2.75, 3.05) is 18.1 Å². The van der Waals surface area contributed by atoms with E-state index in [1.807, 2.05) is 44.2 Å². The van der Waals surface area contributed by atoms with E-state index in [0.29, 0.717) is 24.0 Å². The lowest BCUT2D eigenvalue weighted by Gasteiger charge is -2.28. The van der Waals surface area contributed by atoms with Crippen molar-refractivity contribution < 1.29 is 22.4 Å². The molecule has 4 rings (SSSR count). The lowest BCUT2D eigenvalue weighted by Crippen LogP contribution is -2.40. The first-order valence-electron chi connectivity index (χ1n) is 11.1. The number of aryl methyl sites for hydroxylation is 1. The third kappa shape index (κ3) is 5.11. The van der Waals surface area contributed by atoms with Crippen LogP contribution < -0.4 is 10.2 Å². The lowest BCUT2D eigenvalue weighted by molar-refractivity contribution is 0.0648. The van der Waals surface area contributed by atoms with Crippen molar-refractivity contribution in [3.05, 3.63) is 75.6 Å². The largest absolute Gasteiger partial charge is 0.494 e. The van der Waals surface area contributed by atoms with Crippen molar-refractivity contribution in [3.63, 3.8) is 0 Å². The summed E-state index contributed by atoms with van der Waals surface area (Å²) in [6, 6.07) is 13.4.